The minimum absolute atomic E-state index is 0.198. The number of carboxylic acids is 1. The number of hydrogen-bond donors (Lipinski definition) is 1. The van der Waals surface area contributed by atoms with Crippen LogP contribution in [-0.4, -0.2) is 62.7 Å². The van der Waals surface area contributed by atoms with Crippen LogP contribution in [0.25, 0.3) is 0 Å². The molecule has 3 aliphatic rings. The maximum atomic E-state index is 13.1. The number of aromatic nitrogens is 2. The molecule has 3 fully saturated rings. The highest BCUT2D eigenvalue weighted by atomic mass is 16.4. The van der Waals surface area contributed by atoms with Crippen LogP contribution in [0.15, 0.2) is 6.20 Å². The first-order valence-electron chi connectivity index (χ1n) is 11.0. The molecule has 0 bridgehead atoms. The molecule has 29 heavy (non-hydrogen) atoms. The van der Waals surface area contributed by atoms with Crippen LogP contribution in [0.2, 0.25) is 0 Å². The fourth-order valence-electron chi connectivity index (χ4n) is 5.89. The first-order valence-corrected chi connectivity index (χ1v) is 11.0. The van der Waals surface area contributed by atoms with Gasteiger partial charge in [0.1, 0.15) is 0 Å². The Balaban J connectivity index is 1.44. The first-order chi connectivity index (χ1) is 13.7. The van der Waals surface area contributed by atoms with E-state index in [2.05, 4.69) is 23.8 Å². The largest absolute Gasteiger partial charge is 0.481 e. The predicted molar refractivity (Wildman–Crippen MR) is 109 cm³/mol. The van der Waals surface area contributed by atoms with Crippen LogP contribution in [0.1, 0.15) is 56.7 Å². The molecule has 1 aromatic heterocycles. The van der Waals surface area contributed by atoms with Gasteiger partial charge in [-0.1, -0.05) is 19.8 Å². The number of carbonyl (C=O) groups excluding carboxylic acids is 1. The summed E-state index contributed by atoms with van der Waals surface area (Å²) in [5.74, 6) is -0.769. The van der Waals surface area contributed by atoms with Gasteiger partial charge in [0.25, 0.3) is 0 Å². The SMILES string of the molecule is Cc1c(CN2CC(C(=O)O)C3(CCN(C(=O)C4(C)CCCC4)CC3)C2)cnn1C. The Hall–Kier alpha value is -1.89. The third kappa shape index (κ3) is 3.58. The van der Waals surface area contributed by atoms with Crippen molar-refractivity contribution in [2.24, 2.45) is 23.8 Å². The van der Waals surface area contributed by atoms with Crippen molar-refractivity contribution in [1.82, 2.24) is 19.6 Å². The molecule has 1 saturated carbocycles. The zero-order valence-corrected chi connectivity index (χ0v) is 18.0. The van der Waals surface area contributed by atoms with E-state index in [0.717, 1.165) is 62.9 Å². The molecule has 1 spiro atoms. The van der Waals surface area contributed by atoms with Crippen LogP contribution < -0.4 is 0 Å². The Morgan fingerprint density at radius 3 is 2.41 bits per heavy atom. The van der Waals surface area contributed by atoms with Crippen molar-refractivity contribution in [2.75, 3.05) is 26.2 Å². The lowest BCUT2D eigenvalue weighted by atomic mass is 9.70. The van der Waals surface area contributed by atoms with E-state index >= 15 is 0 Å². The number of aliphatic carboxylic acids is 1. The summed E-state index contributed by atoms with van der Waals surface area (Å²) in [6, 6.07) is 0. The average Bonchev–Trinajstić information content (AvgIpc) is 3.37. The van der Waals surface area contributed by atoms with E-state index in [1.807, 2.05) is 22.8 Å². The fraction of sp³-hybridized carbons (Fsp3) is 0.773. The molecule has 1 aliphatic carbocycles. The maximum absolute atomic E-state index is 13.1. The number of rotatable bonds is 4. The van der Waals surface area contributed by atoms with Crippen molar-refractivity contribution < 1.29 is 14.7 Å². The molecule has 0 radical (unpaired) electrons. The number of piperidine rings is 1. The highest BCUT2D eigenvalue weighted by Gasteiger charge is 2.52. The summed E-state index contributed by atoms with van der Waals surface area (Å²) in [4.78, 5) is 29.5. The van der Waals surface area contributed by atoms with Gasteiger partial charge in [0, 0.05) is 61.9 Å². The van der Waals surface area contributed by atoms with Crippen molar-refractivity contribution >= 4 is 11.9 Å². The highest BCUT2D eigenvalue weighted by Crippen LogP contribution is 2.47. The number of nitrogens with zero attached hydrogens (tertiary/aromatic N) is 4. The van der Waals surface area contributed by atoms with Gasteiger partial charge in [-0.05, 0) is 32.6 Å². The molecule has 160 valence electrons. The zero-order chi connectivity index (χ0) is 20.8. The molecule has 1 N–H and O–H groups in total. The van der Waals surface area contributed by atoms with Crippen molar-refractivity contribution in [1.29, 1.82) is 0 Å². The van der Waals surface area contributed by atoms with Crippen LogP contribution in [0, 0.1) is 23.7 Å². The number of amides is 1. The van der Waals surface area contributed by atoms with Crippen molar-refractivity contribution in [3.8, 4) is 0 Å². The molecule has 2 saturated heterocycles. The Labute approximate surface area is 173 Å². The summed E-state index contributed by atoms with van der Waals surface area (Å²) >= 11 is 0. The summed E-state index contributed by atoms with van der Waals surface area (Å²) < 4.78 is 1.86. The fourth-order valence-corrected chi connectivity index (χ4v) is 5.89. The third-order valence-corrected chi connectivity index (χ3v) is 8.02. The van der Waals surface area contributed by atoms with Crippen LogP contribution in [0.4, 0.5) is 0 Å². The van der Waals surface area contributed by atoms with Gasteiger partial charge in [0.05, 0.1) is 12.1 Å². The number of aryl methyl sites for hydroxylation is 1. The van der Waals surface area contributed by atoms with Crippen molar-refractivity contribution in [3.63, 3.8) is 0 Å². The van der Waals surface area contributed by atoms with Gasteiger partial charge in [-0.25, -0.2) is 0 Å². The lowest BCUT2D eigenvalue weighted by Gasteiger charge is -2.43. The van der Waals surface area contributed by atoms with Crippen LogP contribution in [0.3, 0.4) is 0 Å². The van der Waals surface area contributed by atoms with Crippen molar-refractivity contribution in [3.05, 3.63) is 17.5 Å². The smallest absolute Gasteiger partial charge is 0.308 e. The molecular weight excluding hydrogens is 368 g/mol. The van der Waals surface area contributed by atoms with Gasteiger partial charge in [0.2, 0.25) is 5.91 Å². The summed E-state index contributed by atoms with van der Waals surface area (Å²) in [5.41, 5.74) is 1.87. The van der Waals surface area contributed by atoms with Gasteiger partial charge in [-0.15, -0.1) is 0 Å². The average molecular weight is 403 g/mol. The van der Waals surface area contributed by atoms with E-state index < -0.39 is 5.97 Å². The molecule has 1 aromatic rings. The quantitative estimate of drug-likeness (QED) is 0.837. The molecule has 1 atom stereocenters. The van der Waals surface area contributed by atoms with E-state index in [0.29, 0.717) is 19.6 Å². The molecule has 0 aromatic carbocycles. The van der Waals surface area contributed by atoms with Gasteiger partial charge < -0.3 is 10.0 Å². The molecule has 7 heteroatoms. The summed E-state index contributed by atoms with van der Waals surface area (Å²) in [6.45, 7) is 7.66. The molecule has 1 unspecified atom stereocenters. The lowest BCUT2D eigenvalue weighted by Crippen LogP contribution is -2.51. The summed E-state index contributed by atoms with van der Waals surface area (Å²) in [6.07, 6.45) is 7.73. The second-order valence-electron chi connectivity index (χ2n) is 9.86. The minimum Gasteiger partial charge on any atom is -0.481 e. The van der Waals surface area contributed by atoms with Gasteiger partial charge >= 0.3 is 5.97 Å². The predicted octanol–water partition coefficient (Wildman–Crippen LogP) is 2.43. The molecular formula is C22H34N4O3. The van der Waals surface area contributed by atoms with Crippen LogP contribution in [-0.2, 0) is 23.2 Å². The highest BCUT2D eigenvalue weighted by molar-refractivity contribution is 5.82. The molecule has 1 amide bonds. The number of carbonyl (C=O) groups is 2. The summed E-state index contributed by atoms with van der Waals surface area (Å²) in [7, 11) is 1.93. The van der Waals surface area contributed by atoms with Gasteiger partial charge in [-0.2, -0.15) is 5.10 Å². The number of hydrogen-bond acceptors (Lipinski definition) is 4. The topological polar surface area (TPSA) is 78.7 Å². The zero-order valence-electron chi connectivity index (χ0n) is 18.0. The van der Waals surface area contributed by atoms with E-state index in [1.165, 1.54) is 0 Å². The second kappa shape index (κ2) is 7.42. The minimum atomic E-state index is -0.696. The van der Waals surface area contributed by atoms with E-state index in [-0.39, 0.29) is 22.7 Å². The summed E-state index contributed by atoms with van der Waals surface area (Å²) in [5, 5.41) is 14.3. The molecule has 2 aliphatic heterocycles. The van der Waals surface area contributed by atoms with Gasteiger partial charge in [-0.3, -0.25) is 19.2 Å². The van der Waals surface area contributed by atoms with E-state index in [1.54, 1.807) is 0 Å². The van der Waals surface area contributed by atoms with E-state index in [4.69, 9.17) is 0 Å². The second-order valence-corrected chi connectivity index (χ2v) is 9.86. The number of carboxylic acid groups (broad SMARTS) is 1. The van der Waals surface area contributed by atoms with Crippen molar-refractivity contribution in [2.45, 2.75) is 58.9 Å². The Morgan fingerprint density at radius 2 is 1.86 bits per heavy atom. The van der Waals surface area contributed by atoms with Gasteiger partial charge in [0.15, 0.2) is 0 Å². The maximum Gasteiger partial charge on any atom is 0.308 e. The van der Waals surface area contributed by atoms with E-state index in [9.17, 15) is 14.7 Å². The third-order valence-electron chi connectivity index (χ3n) is 8.02. The molecule has 4 rings (SSSR count). The Bertz CT molecular complexity index is 788. The molecule has 7 nitrogen and oxygen atoms in total. The monoisotopic (exact) mass is 402 g/mol. The van der Waals surface area contributed by atoms with Crippen LogP contribution in [0.5, 0.6) is 0 Å². The lowest BCUT2D eigenvalue weighted by molar-refractivity contribution is -0.148. The van der Waals surface area contributed by atoms with Crippen LogP contribution >= 0.6 is 0 Å². The Morgan fingerprint density at radius 1 is 1.21 bits per heavy atom. The number of likely N-dealkylation sites (tertiary alicyclic amines) is 2. The standard InChI is InChI=1S/C22H34N4O3/c1-16-17(12-23-24(16)3)13-25-14-18(19(27)28)22(15-25)8-10-26(11-9-22)20(29)21(2)6-4-5-7-21/h12,18H,4-11,13-15H2,1-3H3,(H,27,28). The first kappa shape index (κ1) is 20.4. The Kier molecular flexibility index (Phi) is 5.21. The molecule has 3 heterocycles. The normalized spacial score (nSPS) is 26.3.